The summed E-state index contributed by atoms with van der Waals surface area (Å²) in [7, 11) is -4.90. The lowest BCUT2D eigenvalue weighted by atomic mass is 10.2. The van der Waals surface area contributed by atoms with E-state index in [0.29, 0.717) is 0 Å². The zero-order valence-electron chi connectivity index (χ0n) is 21.1. The number of hydrogen-bond donors (Lipinski definition) is 2. The molecule has 192 valence electrons. The summed E-state index contributed by atoms with van der Waals surface area (Å²) < 4.78 is 34.9. The second kappa shape index (κ2) is 18.3. The summed E-state index contributed by atoms with van der Waals surface area (Å²) in [5, 5.41) is 8.43. The largest absolute Gasteiger partial charge is 0.460 e. The van der Waals surface area contributed by atoms with E-state index in [9.17, 15) is 13.2 Å². The zero-order valence-corrected chi connectivity index (χ0v) is 22.8. The monoisotopic (exact) mass is 505 g/mol. The molecule has 6 nitrogen and oxygen atoms in total. The van der Waals surface area contributed by atoms with Crippen molar-refractivity contribution in [1.29, 1.82) is 0 Å². The smallest absolute Gasteiger partial charge is 0.338 e. The van der Waals surface area contributed by atoms with Crippen LogP contribution in [0, 0.1) is 0 Å². The highest BCUT2D eigenvalue weighted by molar-refractivity contribution is 7.85. The Morgan fingerprint density at radius 2 is 1.33 bits per heavy atom. The molecule has 1 aromatic carbocycles. The first-order valence-electron chi connectivity index (χ1n) is 12.4. The van der Waals surface area contributed by atoms with E-state index in [1.807, 2.05) is 0 Å². The maximum Gasteiger partial charge on any atom is 0.338 e. The maximum atomic E-state index is 11.3. The lowest BCUT2D eigenvalue weighted by Gasteiger charge is -2.28. The van der Waals surface area contributed by atoms with Crippen LogP contribution in [-0.4, -0.2) is 61.9 Å². The van der Waals surface area contributed by atoms with Crippen LogP contribution in [0.4, 0.5) is 0 Å². The number of esters is 1. The van der Waals surface area contributed by atoms with Gasteiger partial charge >= 0.3 is 5.97 Å². The van der Waals surface area contributed by atoms with Crippen molar-refractivity contribution >= 4 is 23.3 Å². The number of benzene rings is 1. The molecular weight excluding hydrogens is 459 g/mol. The molecule has 0 spiro atoms. The van der Waals surface area contributed by atoms with Crippen molar-refractivity contribution < 1.29 is 27.6 Å². The van der Waals surface area contributed by atoms with Crippen LogP contribution in [0.25, 0.3) is 0 Å². The van der Waals surface area contributed by atoms with Gasteiger partial charge in [0.05, 0.1) is 41.7 Å². The molecule has 0 saturated heterocycles. The third-order valence-corrected chi connectivity index (χ3v) is 11.5. The molecule has 0 saturated carbocycles. The van der Waals surface area contributed by atoms with Gasteiger partial charge in [-0.2, -0.15) is 8.42 Å². The van der Waals surface area contributed by atoms with Crippen LogP contribution in [0.3, 0.4) is 0 Å². The number of aliphatic hydroxyl groups is 1. The van der Waals surface area contributed by atoms with Crippen molar-refractivity contribution in [2.75, 3.05) is 37.9 Å². The van der Waals surface area contributed by atoms with Gasteiger partial charge in [0.25, 0.3) is 10.1 Å². The van der Waals surface area contributed by atoms with E-state index in [2.05, 4.69) is 32.4 Å². The van der Waals surface area contributed by atoms with E-state index in [4.69, 9.17) is 9.66 Å². The second-order valence-corrected chi connectivity index (χ2v) is 14.4. The molecule has 1 aromatic rings. The summed E-state index contributed by atoms with van der Waals surface area (Å²) in [6, 6.07) is 4.79. The number of ether oxygens (including phenoxy) is 1. The standard InChI is InChI=1S/C16H36P.C9H10O6S/c1-5-9-13-17(14-10-6-2,15-11-7-3)16-12-8-4;10-4-5-15-9(11)7-2-1-3-8(6-7)16(12,13)14/h5-16H2,1-4H3;1-3,6,10H,4-5H2,(H,12,13,14)/q+1;. The first-order valence-corrected chi connectivity index (χ1v) is 16.4. The number of rotatable bonds is 16. The van der Waals surface area contributed by atoms with Crippen molar-refractivity contribution in [2.24, 2.45) is 0 Å². The van der Waals surface area contributed by atoms with Gasteiger partial charge in [0.15, 0.2) is 0 Å². The van der Waals surface area contributed by atoms with Crippen LogP contribution in [0.2, 0.25) is 0 Å². The number of unbranched alkanes of at least 4 members (excludes halogenated alkanes) is 4. The van der Waals surface area contributed by atoms with Gasteiger partial charge in [-0.3, -0.25) is 4.55 Å². The summed E-state index contributed by atoms with van der Waals surface area (Å²) in [5.41, 5.74) is -0.0106. The first kappa shape index (κ1) is 32.0. The Labute approximate surface area is 202 Å². The minimum absolute atomic E-state index is 0.0106. The molecule has 0 aliphatic carbocycles. The molecular formula is C25H46O6PS+. The highest BCUT2D eigenvalue weighted by Crippen LogP contribution is 2.61. The van der Waals surface area contributed by atoms with Crippen LogP contribution < -0.4 is 0 Å². The van der Waals surface area contributed by atoms with E-state index in [1.165, 1.54) is 63.5 Å². The molecule has 1 rings (SSSR count). The van der Waals surface area contributed by atoms with Crippen molar-refractivity contribution in [1.82, 2.24) is 0 Å². The van der Waals surface area contributed by atoms with Gasteiger partial charge < -0.3 is 9.84 Å². The second-order valence-electron chi connectivity index (χ2n) is 8.51. The molecule has 0 aliphatic heterocycles. The Hall–Kier alpha value is -1.01. The normalized spacial score (nSPS) is 11.6. The number of aliphatic hydroxyl groups excluding tert-OH is 1. The molecule has 0 atom stereocenters. The molecule has 0 fully saturated rings. The Bertz CT molecular complexity index is 714. The van der Waals surface area contributed by atoms with Crippen LogP contribution in [0.5, 0.6) is 0 Å². The average molecular weight is 506 g/mol. The lowest BCUT2D eigenvalue weighted by molar-refractivity contribution is 0.0433. The van der Waals surface area contributed by atoms with Crippen molar-refractivity contribution in [3.63, 3.8) is 0 Å². The molecule has 33 heavy (non-hydrogen) atoms. The van der Waals surface area contributed by atoms with E-state index in [0.717, 1.165) is 12.1 Å². The van der Waals surface area contributed by atoms with Crippen molar-refractivity contribution in [2.45, 2.75) is 84.0 Å². The van der Waals surface area contributed by atoms with E-state index in [1.54, 1.807) is 24.6 Å². The minimum atomic E-state index is -4.34. The molecule has 2 N–H and O–H groups in total. The minimum Gasteiger partial charge on any atom is -0.460 e. The van der Waals surface area contributed by atoms with Crippen LogP contribution in [-0.2, 0) is 14.9 Å². The van der Waals surface area contributed by atoms with Crippen LogP contribution in [0.15, 0.2) is 29.2 Å². The molecule has 0 unspecified atom stereocenters. The summed E-state index contributed by atoms with van der Waals surface area (Å²) in [4.78, 5) is 10.9. The van der Waals surface area contributed by atoms with Crippen LogP contribution >= 0.6 is 7.26 Å². The molecule has 0 radical (unpaired) electrons. The topological polar surface area (TPSA) is 101 Å². The summed E-state index contributed by atoms with van der Waals surface area (Å²) in [6.07, 6.45) is 17.9. The van der Waals surface area contributed by atoms with E-state index >= 15 is 0 Å². The van der Waals surface area contributed by atoms with Crippen molar-refractivity contribution in [3.8, 4) is 0 Å². The number of carbonyl (C=O) groups excluding carboxylic acids is 1. The highest BCUT2D eigenvalue weighted by atomic mass is 32.2. The Morgan fingerprint density at radius 3 is 1.70 bits per heavy atom. The zero-order chi connectivity index (χ0) is 25.2. The molecule has 0 amide bonds. The van der Waals surface area contributed by atoms with Crippen molar-refractivity contribution in [3.05, 3.63) is 29.8 Å². The van der Waals surface area contributed by atoms with Gasteiger partial charge in [-0.15, -0.1) is 0 Å². The number of carbonyl (C=O) groups is 1. The third kappa shape index (κ3) is 14.1. The molecule has 0 aliphatic rings. The Kier molecular flexibility index (Phi) is 17.8. The third-order valence-electron chi connectivity index (χ3n) is 5.64. The fraction of sp³-hybridized carbons (Fsp3) is 0.720. The maximum absolute atomic E-state index is 11.3. The highest BCUT2D eigenvalue weighted by Gasteiger charge is 2.34. The first-order chi connectivity index (χ1) is 15.7. The molecule has 8 heteroatoms. The molecule has 0 bridgehead atoms. The molecule has 0 aromatic heterocycles. The average Bonchev–Trinajstić information content (AvgIpc) is 2.81. The fourth-order valence-electron chi connectivity index (χ4n) is 3.65. The van der Waals surface area contributed by atoms with Gasteiger partial charge in [0.1, 0.15) is 6.61 Å². The Balaban J connectivity index is 0.000000621. The summed E-state index contributed by atoms with van der Waals surface area (Å²) in [5.74, 6) is -0.764. The predicted octanol–water partition coefficient (Wildman–Crippen LogP) is 6.29. The van der Waals surface area contributed by atoms with E-state index < -0.39 is 23.3 Å². The fourth-order valence-corrected chi connectivity index (χ4v) is 9.47. The van der Waals surface area contributed by atoms with Gasteiger partial charge in [0.2, 0.25) is 0 Å². The SMILES string of the molecule is CCCC[P+](CCCC)(CCCC)CCCC.O=C(OCCO)c1cccc(S(=O)(=O)O)c1. The number of hydrogen-bond acceptors (Lipinski definition) is 5. The predicted molar refractivity (Wildman–Crippen MR) is 140 cm³/mol. The van der Waals surface area contributed by atoms with Crippen LogP contribution in [0.1, 0.15) is 89.4 Å². The van der Waals surface area contributed by atoms with Gasteiger partial charge in [-0.1, -0.05) is 59.4 Å². The van der Waals surface area contributed by atoms with Gasteiger partial charge in [0, 0.05) is 7.26 Å². The summed E-state index contributed by atoms with van der Waals surface area (Å²) >= 11 is 0. The summed E-state index contributed by atoms with van der Waals surface area (Å²) in [6.45, 7) is 8.93. The van der Waals surface area contributed by atoms with E-state index in [-0.39, 0.29) is 23.7 Å². The lowest BCUT2D eigenvalue weighted by Crippen LogP contribution is -2.12. The Morgan fingerprint density at radius 1 is 0.879 bits per heavy atom. The van der Waals surface area contributed by atoms with Gasteiger partial charge in [-0.05, 0) is 43.9 Å². The quantitative estimate of drug-likeness (QED) is 0.156. The van der Waals surface area contributed by atoms with Gasteiger partial charge in [-0.25, -0.2) is 4.79 Å². The molecule has 0 heterocycles.